The molecule has 1 fully saturated rings. The van der Waals surface area contributed by atoms with E-state index in [0.29, 0.717) is 48.0 Å². The topological polar surface area (TPSA) is 118 Å². The highest BCUT2D eigenvalue weighted by molar-refractivity contribution is 5.87. The molecule has 0 bridgehead atoms. The molecule has 0 saturated carbocycles. The number of nitrogens with zero attached hydrogens (tertiary/aromatic N) is 1. The molecule has 8 heteroatoms. The Kier molecular flexibility index (Phi) is 9.63. The molecular formula is C39H43N3O5. The number of fused-ring (bicyclic) bond motifs is 1. The molecule has 0 amide bonds. The van der Waals surface area contributed by atoms with Crippen molar-refractivity contribution in [2.75, 3.05) is 32.8 Å². The number of H-pyrrole nitrogens is 1. The molecule has 47 heavy (non-hydrogen) atoms. The lowest BCUT2D eigenvalue weighted by Crippen LogP contribution is -2.61. The second-order valence-corrected chi connectivity index (χ2v) is 12.8. The van der Waals surface area contributed by atoms with E-state index < -0.39 is 6.10 Å². The Bertz CT molecular complexity index is 1860. The molecule has 5 N–H and O–H groups in total. The van der Waals surface area contributed by atoms with Crippen molar-refractivity contribution >= 4 is 10.9 Å². The van der Waals surface area contributed by atoms with Gasteiger partial charge in [-0.1, -0.05) is 60.7 Å². The number of rotatable bonds is 13. The third kappa shape index (κ3) is 7.05. The number of aromatic amines is 1. The van der Waals surface area contributed by atoms with Gasteiger partial charge in [0.25, 0.3) is 0 Å². The minimum absolute atomic E-state index is 0.0254. The molecule has 1 aliphatic rings. The van der Waals surface area contributed by atoms with Crippen LogP contribution >= 0.6 is 0 Å². The number of aliphatic hydroxyl groups is 1. The SMILES string of the molecule is CC(C)N1CC(c2ccccc2)(c2cc(CCOc3ccc(CCNC[C@H](O)c4ccc(O)c5[nH]c(=O)ccc45)cc3)ccc2O)C1. The number of aromatic nitrogens is 1. The van der Waals surface area contributed by atoms with Gasteiger partial charge < -0.3 is 30.4 Å². The summed E-state index contributed by atoms with van der Waals surface area (Å²) in [5.74, 6) is 1.12. The third-order valence-electron chi connectivity index (χ3n) is 9.36. The predicted octanol–water partition coefficient (Wildman–Crippen LogP) is 5.44. The maximum atomic E-state index is 11.7. The van der Waals surface area contributed by atoms with Crippen LogP contribution in [0.25, 0.3) is 10.9 Å². The van der Waals surface area contributed by atoms with Crippen LogP contribution in [0.1, 0.15) is 47.8 Å². The number of phenols is 2. The number of ether oxygens (including phenoxy) is 1. The number of nitrogens with one attached hydrogen (secondary N) is 2. The van der Waals surface area contributed by atoms with Crippen LogP contribution in [-0.2, 0) is 18.3 Å². The van der Waals surface area contributed by atoms with Gasteiger partial charge in [-0.2, -0.15) is 0 Å². The first-order chi connectivity index (χ1) is 22.7. The fourth-order valence-corrected chi connectivity index (χ4v) is 6.57. The van der Waals surface area contributed by atoms with Gasteiger partial charge in [0.1, 0.15) is 17.2 Å². The highest BCUT2D eigenvalue weighted by Gasteiger charge is 2.47. The van der Waals surface area contributed by atoms with E-state index in [2.05, 4.69) is 71.5 Å². The molecule has 4 aromatic carbocycles. The number of pyridine rings is 1. The summed E-state index contributed by atoms with van der Waals surface area (Å²) in [6, 6.07) is 31.2. The van der Waals surface area contributed by atoms with Gasteiger partial charge in [-0.05, 0) is 79.4 Å². The fraction of sp³-hybridized carbons (Fsp3) is 0.308. The predicted molar refractivity (Wildman–Crippen MR) is 185 cm³/mol. The first-order valence-electron chi connectivity index (χ1n) is 16.3. The Labute approximate surface area is 275 Å². The summed E-state index contributed by atoms with van der Waals surface area (Å²) in [5.41, 5.74) is 4.94. The molecule has 0 aliphatic carbocycles. The van der Waals surface area contributed by atoms with Crippen molar-refractivity contribution in [3.8, 4) is 17.2 Å². The Morgan fingerprint density at radius 3 is 2.34 bits per heavy atom. The molecule has 1 saturated heterocycles. The molecule has 2 heterocycles. The number of phenolic OH excluding ortho intramolecular Hbond substituents is 2. The minimum atomic E-state index is -0.795. The van der Waals surface area contributed by atoms with E-state index in [1.54, 1.807) is 12.1 Å². The smallest absolute Gasteiger partial charge is 0.248 e. The molecular weight excluding hydrogens is 590 g/mol. The van der Waals surface area contributed by atoms with E-state index in [1.165, 1.54) is 17.7 Å². The van der Waals surface area contributed by atoms with Gasteiger partial charge in [-0.3, -0.25) is 9.69 Å². The maximum absolute atomic E-state index is 11.7. The Morgan fingerprint density at radius 1 is 0.872 bits per heavy atom. The number of aromatic hydroxyl groups is 2. The van der Waals surface area contributed by atoms with Crippen LogP contribution in [-0.4, -0.2) is 64.0 Å². The first kappa shape index (κ1) is 32.3. The lowest BCUT2D eigenvalue weighted by atomic mass is 9.67. The van der Waals surface area contributed by atoms with Crippen LogP contribution < -0.4 is 15.6 Å². The zero-order valence-electron chi connectivity index (χ0n) is 26.9. The van der Waals surface area contributed by atoms with Gasteiger partial charge in [0.15, 0.2) is 0 Å². The van der Waals surface area contributed by atoms with Gasteiger partial charge in [-0.25, -0.2) is 0 Å². The Morgan fingerprint density at radius 2 is 1.60 bits per heavy atom. The van der Waals surface area contributed by atoms with Crippen LogP contribution in [0.3, 0.4) is 0 Å². The average molecular weight is 634 g/mol. The molecule has 8 nitrogen and oxygen atoms in total. The quantitative estimate of drug-likeness (QED) is 0.110. The second kappa shape index (κ2) is 14.0. The summed E-state index contributed by atoms with van der Waals surface area (Å²) >= 11 is 0. The fourth-order valence-electron chi connectivity index (χ4n) is 6.57. The number of hydrogen-bond acceptors (Lipinski definition) is 7. The number of aliphatic hydroxyl groups excluding tert-OH is 1. The summed E-state index contributed by atoms with van der Waals surface area (Å²) in [4.78, 5) is 16.7. The molecule has 1 aliphatic heterocycles. The zero-order valence-corrected chi connectivity index (χ0v) is 26.9. The van der Waals surface area contributed by atoms with Crippen molar-refractivity contribution in [2.45, 2.75) is 44.2 Å². The summed E-state index contributed by atoms with van der Waals surface area (Å²) in [6.07, 6.45) is 0.716. The van der Waals surface area contributed by atoms with Crippen molar-refractivity contribution in [3.05, 3.63) is 135 Å². The molecule has 0 spiro atoms. The molecule has 5 aromatic rings. The molecule has 6 rings (SSSR count). The van der Waals surface area contributed by atoms with Crippen LogP contribution in [0.2, 0.25) is 0 Å². The third-order valence-corrected chi connectivity index (χ3v) is 9.36. The van der Waals surface area contributed by atoms with Crippen LogP contribution in [0.15, 0.2) is 102 Å². The van der Waals surface area contributed by atoms with Crippen molar-refractivity contribution in [1.82, 2.24) is 15.2 Å². The minimum Gasteiger partial charge on any atom is -0.508 e. The molecule has 1 aromatic heterocycles. The normalized spacial score (nSPS) is 15.1. The standard InChI is InChI=1S/C39H43N3O5/c1-26(2)42-24-39(25-42,29-6-4-3-5-7-29)33-22-28(10-15-34(33)43)19-21-47-30-11-8-27(9-12-30)18-20-40-23-36(45)31-13-16-35(44)38-32(31)14-17-37(46)41-38/h3-17,22,26,36,40,43-45H,18-21,23-25H2,1-2H3,(H,41,46)/t36-/m0/s1. The van der Waals surface area contributed by atoms with Crippen LogP contribution in [0, 0.1) is 0 Å². The summed E-state index contributed by atoms with van der Waals surface area (Å²) in [6.45, 7) is 7.72. The van der Waals surface area contributed by atoms with Crippen molar-refractivity contribution in [1.29, 1.82) is 0 Å². The molecule has 0 radical (unpaired) electrons. The van der Waals surface area contributed by atoms with Gasteiger partial charge in [0, 0.05) is 54.5 Å². The zero-order chi connectivity index (χ0) is 33.0. The van der Waals surface area contributed by atoms with E-state index in [4.69, 9.17) is 4.74 Å². The number of likely N-dealkylation sites (tertiary alicyclic amines) is 1. The van der Waals surface area contributed by atoms with E-state index in [1.807, 2.05) is 30.3 Å². The van der Waals surface area contributed by atoms with Gasteiger partial charge >= 0.3 is 0 Å². The highest BCUT2D eigenvalue weighted by atomic mass is 16.5. The maximum Gasteiger partial charge on any atom is 0.248 e. The summed E-state index contributed by atoms with van der Waals surface area (Å²) < 4.78 is 6.09. The van der Waals surface area contributed by atoms with E-state index in [-0.39, 0.29) is 16.7 Å². The Balaban J connectivity index is 0.999. The van der Waals surface area contributed by atoms with Gasteiger partial charge in [-0.15, -0.1) is 0 Å². The second-order valence-electron chi connectivity index (χ2n) is 12.8. The van der Waals surface area contributed by atoms with E-state index >= 15 is 0 Å². The highest BCUT2D eigenvalue weighted by Crippen LogP contribution is 2.45. The van der Waals surface area contributed by atoms with E-state index in [9.17, 15) is 20.1 Å². The lowest BCUT2D eigenvalue weighted by Gasteiger charge is -2.53. The van der Waals surface area contributed by atoms with Crippen LogP contribution in [0.4, 0.5) is 0 Å². The Hall–Kier alpha value is -4.63. The largest absolute Gasteiger partial charge is 0.508 e. The van der Waals surface area contributed by atoms with Gasteiger partial charge in [0.2, 0.25) is 5.56 Å². The van der Waals surface area contributed by atoms with Gasteiger partial charge in [0.05, 0.1) is 18.2 Å². The molecule has 0 unspecified atom stereocenters. The van der Waals surface area contributed by atoms with Crippen molar-refractivity contribution in [3.63, 3.8) is 0 Å². The summed E-state index contributed by atoms with van der Waals surface area (Å²) in [7, 11) is 0. The molecule has 1 atom stereocenters. The monoisotopic (exact) mass is 633 g/mol. The van der Waals surface area contributed by atoms with Crippen molar-refractivity contribution in [2.24, 2.45) is 0 Å². The first-order valence-corrected chi connectivity index (χ1v) is 16.3. The molecule has 244 valence electrons. The lowest BCUT2D eigenvalue weighted by molar-refractivity contribution is 0.0596. The van der Waals surface area contributed by atoms with Crippen molar-refractivity contribution < 1.29 is 20.1 Å². The number of benzene rings is 4. The number of hydrogen-bond donors (Lipinski definition) is 5. The average Bonchev–Trinajstić information content (AvgIpc) is 3.05. The van der Waals surface area contributed by atoms with E-state index in [0.717, 1.165) is 48.4 Å². The van der Waals surface area contributed by atoms with Crippen LogP contribution in [0.5, 0.6) is 17.2 Å². The summed E-state index contributed by atoms with van der Waals surface area (Å²) in [5, 5.41) is 35.8.